The topological polar surface area (TPSA) is 115 Å². The predicted molar refractivity (Wildman–Crippen MR) is 120 cm³/mol. The first kappa shape index (κ1) is 24.2. The van der Waals surface area contributed by atoms with Crippen LogP contribution in [0.4, 0.5) is 0 Å². The van der Waals surface area contributed by atoms with Crippen molar-refractivity contribution < 1.29 is 30.0 Å². The quantitative estimate of drug-likeness (QED) is 0.525. The molecule has 6 nitrogen and oxygen atoms in total. The lowest BCUT2D eigenvalue weighted by molar-refractivity contribution is -0.270. The van der Waals surface area contributed by atoms with Crippen LogP contribution < -0.4 is 0 Å². The highest BCUT2D eigenvalue weighted by atomic mass is 16.4. The van der Waals surface area contributed by atoms with Crippen LogP contribution in [0.3, 0.4) is 0 Å². The summed E-state index contributed by atoms with van der Waals surface area (Å²) >= 11 is 0. The zero-order valence-electron chi connectivity index (χ0n) is 20.3. The van der Waals surface area contributed by atoms with E-state index < -0.39 is 35.4 Å². The molecule has 0 radical (unpaired) electrons. The number of aliphatic carboxylic acids is 1. The Bertz CT molecular complexity index is 793. The zero-order valence-corrected chi connectivity index (χ0v) is 20.3. The first-order chi connectivity index (χ1) is 14.8. The number of rotatable bonds is 3. The van der Waals surface area contributed by atoms with Gasteiger partial charge in [-0.3, -0.25) is 9.59 Å². The molecule has 10 atom stereocenters. The number of carboxylic acids is 1. The lowest BCUT2D eigenvalue weighted by Crippen LogP contribution is -2.70. The van der Waals surface area contributed by atoms with E-state index >= 15 is 0 Å². The Morgan fingerprint density at radius 2 is 1.59 bits per heavy atom. The number of aliphatic hydroxyl groups is 3. The number of hydrogen-bond acceptors (Lipinski definition) is 5. The average Bonchev–Trinajstić information content (AvgIpc) is 2.69. The third-order valence-electron chi connectivity index (χ3n) is 11.2. The molecule has 0 amide bonds. The SMILES string of the molecule is CC(=O)C1C(O)CC2C3(C)CCC4C(C)(C)CCCC4(CO)C3CC(O)C2(C)C1C(=O)O. The first-order valence-corrected chi connectivity index (χ1v) is 12.5. The smallest absolute Gasteiger partial charge is 0.307 e. The molecule has 0 aromatic carbocycles. The lowest BCUT2D eigenvalue weighted by Gasteiger charge is -2.71. The number of carboxylic acid groups (broad SMARTS) is 1. The number of ketones is 1. The zero-order chi connectivity index (χ0) is 23.9. The molecule has 0 aromatic heterocycles. The molecule has 0 aliphatic heterocycles. The van der Waals surface area contributed by atoms with Gasteiger partial charge in [0.15, 0.2) is 0 Å². The molecule has 4 aliphatic rings. The molecule has 0 spiro atoms. The summed E-state index contributed by atoms with van der Waals surface area (Å²) in [6, 6.07) is 0. The Balaban J connectivity index is 1.84. The molecular weight excluding hydrogens is 408 g/mol. The summed E-state index contributed by atoms with van der Waals surface area (Å²) in [4.78, 5) is 24.9. The molecule has 10 unspecified atom stereocenters. The van der Waals surface area contributed by atoms with Crippen LogP contribution in [0.15, 0.2) is 0 Å². The standard InChI is InChI=1S/C26H42O6/c1-14(28)20-15(29)11-17-24(4)10-7-16-23(2,3)8-6-9-26(16,13-27)18(24)12-19(30)25(17,5)21(20)22(31)32/h15-21,27,29-30H,6-13H2,1-5H3,(H,31,32). The summed E-state index contributed by atoms with van der Waals surface area (Å²) in [5, 5.41) is 43.7. The van der Waals surface area contributed by atoms with Gasteiger partial charge in [-0.25, -0.2) is 0 Å². The van der Waals surface area contributed by atoms with E-state index in [9.17, 15) is 30.0 Å². The highest BCUT2D eigenvalue weighted by molar-refractivity contribution is 5.86. The largest absolute Gasteiger partial charge is 0.481 e. The number of aliphatic hydroxyl groups excluding tert-OH is 3. The summed E-state index contributed by atoms with van der Waals surface area (Å²) in [5.74, 6) is -3.37. The summed E-state index contributed by atoms with van der Waals surface area (Å²) in [5.41, 5.74) is -1.49. The van der Waals surface area contributed by atoms with E-state index in [1.165, 1.54) is 6.92 Å². The second-order valence-corrected chi connectivity index (χ2v) is 12.8. The van der Waals surface area contributed by atoms with Gasteiger partial charge in [-0.2, -0.15) is 0 Å². The lowest BCUT2D eigenvalue weighted by atomic mass is 9.33. The number of carbonyl (C=O) groups excluding carboxylic acids is 1. The monoisotopic (exact) mass is 450 g/mol. The second kappa shape index (κ2) is 7.51. The molecule has 0 bridgehead atoms. The predicted octanol–water partition coefficient (Wildman–Crippen LogP) is 3.27. The van der Waals surface area contributed by atoms with Crippen molar-refractivity contribution in [3.63, 3.8) is 0 Å². The van der Waals surface area contributed by atoms with Crippen LogP contribution in [0.5, 0.6) is 0 Å². The van der Waals surface area contributed by atoms with Crippen molar-refractivity contribution >= 4 is 11.8 Å². The van der Waals surface area contributed by atoms with E-state index in [0.29, 0.717) is 18.8 Å². The van der Waals surface area contributed by atoms with Crippen molar-refractivity contribution in [1.29, 1.82) is 0 Å². The van der Waals surface area contributed by atoms with Crippen LogP contribution in [-0.4, -0.2) is 51.0 Å². The third kappa shape index (κ3) is 2.94. The molecule has 0 heterocycles. The highest BCUT2D eigenvalue weighted by Gasteiger charge is 2.71. The number of carbonyl (C=O) groups is 2. The van der Waals surface area contributed by atoms with Crippen molar-refractivity contribution in [2.45, 2.75) is 91.8 Å². The van der Waals surface area contributed by atoms with Gasteiger partial charge in [-0.15, -0.1) is 0 Å². The molecule has 182 valence electrons. The fraction of sp³-hybridized carbons (Fsp3) is 0.923. The van der Waals surface area contributed by atoms with Crippen LogP contribution in [0.25, 0.3) is 0 Å². The minimum absolute atomic E-state index is 0.0573. The number of fused-ring (bicyclic) bond motifs is 5. The Morgan fingerprint density at radius 3 is 2.16 bits per heavy atom. The van der Waals surface area contributed by atoms with Gasteiger partial charge in [-0.05, 0) is 74.0 Å². The van der Waals surface area contributed by atoms with Crippen LogP contribution in [0, 0.1) is 51.2 Å². The normalized spacial score (nSPS) is 52.3. The van der Waals surface area contributed by atoms with E-state index in [1.807, 2.05) is 6.92 Å². The van der Waals surface area contributed by atoms with Gasteiger partial charge < -0.3 is 20.4 Å². The van der Waals surface area contributed by atoms with Gasteiger partial charge in [0.2, 0.25) is 0 Å². The maximum absolute atomic E-state index is 12.5. The van der Waals surface area contributed by atoms with Crippen LogP contribution in [0.2, 0.25) is 0 Å². The Hall–Kier alpha value is -0.980. The van der Waals surface area contributed by atoms with Gasteiger partial charge >= 0.3 is 5.97 Å². The minimum atomic E-state index is -1.12. The third-order valence-corrected chi connectivity index (χ3v) is 11.2. The van der Waals surface area contributed by atoms with E-state index in [2.05, 4.69) is 20.8 Å². The summed E-state index contributed by atoms with van der Waals surface area (Å²) in [6.45, 7) is 10.1. The van der Waals surface area contributed by atoms with Crippen molar-refractivity contribution in [3.8, 4) is 0 Å². The molecule has 4 fully saturated rings. The van der Waals surface area contributed by atoms with E-state index in [-0.39, 0.29) is 40.5 Å². The van der Waals surface area contributed by atoms with E-state index in [0.717, 1.165) is 32.1 Å². The Kier molecular flexibility index (Phi) is 5.67. The molecule has 6 heteroatoms. The van der Waals surface area contributed by atoms with Crippen LogP contribution in [0.1, 0.15) is 79.6 Å². The molecule has 4 aliphatic carbocycles. The van der Waals surface area contributed by atoms with Crippen LogP contribution >= 0.6 is 0 Å². The van der Waals surface area contributed by atoms with E-state index in [4.69, 9.17) is 0 Å². The molecule has 4 saturated carbocycles. The average molecular weight is 451 g/mol. The highest BCUT2D eigenvalue weighted by Crippen LogP contribution is 2.73. The van der Waals surface area contributed by atoms with Crippen molar-refractivity contribution in [2.24, 2.45) is 51.2 Å². The Labute approximate surface area is 191 Å². The van der Waals surface area contributed by atoms with Gasteiger partial charge in [0, 0.05) is 17.4 Å². The van der Waals surface area contributed by atoms with E-state index in [1.54, 1.807) is 0 Å². The summed E-state index contributed by atoms with van der Waals surface area (Å²) < 4.78 is 0. The molecule has 0 saturated heterocycles. The minimum Gasteiger partial charge on any atom is -0.481 e. The number of Topliss-reactive ketones (excluding diaryl/α,β-unsaturated/α-hetero) is 1. The van der Waals surface area contributed by atoms with Crippen molar-refractivity contribution in [1.82, 2.24) is 0 Å². The molecular formula is C26H42O6. The maximum Gasteiger partial charge on any atom is 0.307 e. The Morgan fingerprint density at radius 1 is 0.938 bits per heavy atom. The molecule has 4 N–H and O–H groups in total. The molecule has 0 aromatic rings. The van der Waals surface area contributed by atoms with Gasteiger partial charge in [0.25, 0.3) is 0 Å². The van der Waals surface area contributed by atoms with Crippen molar-refractivity contribution in [3.05, 3.63) is 0 Å². The number of hydrogen-bond donors (Lipinski definition) is 4. The summed E-state index contributed by atoms with van der Waals surface area (Å²) in [7, 11) is 0. The van der Waals surface area contributed by atoms with Gasteiger partial charge in [0.05, 0.1) is 24.0 Å². The molecule has 4 rings (SSSR count). The van der Waals surface area contributed by atoms with Gasteiger partial charge in [-0.1, -0.05) is 34.1 Å². The first-order valence-electron chi connectivity index (χ1n) is 12.5. The molecule has 32 heavy (non-hydrogen) atoms. The fourth-order valence-corrected chi connectivity index (χ4v) is 9.89. The van der Waals surface area contributed by atoms with Crippen LogP contribution in [-0.2, 0) is 9.59 Å². The fourth-order valence-electron chi connectivity index (χ4n) is 9.89. The van der Waals surface area contributed by atoms with Crippen molar-refractivity contribution in [2.75, 3.05) is 6.61 Å². The summed E-state index contributed by atoms with van der Waals surface area (Å²) in [6.07, 6.45) is 3.81. The van der Waals surface area contributed by atoms with Gasteiger partial charge in [0.1, 0.15) is 5.78 Å². The maximum atomic E-state index is 12.5. The second-order valence-electron chi connectivity index (χ2n) is 12.8.